The zero-order chi connectivity index (χ0) is 15.2. The maximum absolute atomic E-state index is 10.7. The predicted molar refractivity (Wildman–Crippen MR) is 85.6 cm³/mol. The number of para-hydroxylation sites is 1. The Balaban J connectivity index is 2.14. The van der Waals surface area contributed by atoms with Crippen LogP contribution in [0.4, 0.5) is 11.4 Å². The molecule has 0 saturated carbocycles. The van der Waals surface area contributed by atoms with Gasteiger partial charge in [-0.1, -0.05) is 43.7 Å². The van der Waals surface area contributed by atoms with E-state index in [1.165, 1.54) is 5.56 Å². The van der Waals surface area contributed by atoms with Crippen molar-refractivity contribution in [2.24, 2.45) is 0 Å². The van der Waals surface area contributed by atoms with Gasteiger partial charge >= 0.3 is 0 Å². The largest absolute Gasteiger partial charge is 0.378 e. The second kappa shape index (κ2) is 6.88. The van der Waals surface area contributed by atoms with E-state index in [2.05, 4.69) is 31.3 Å². The molecular weight excluding hydrogens is 264 g/mol. The van der Waals surface area contributed by atoms with Gasteiger partial charge in [-0.3, -0.25) is 10.1 Å². The Kier molecular flexibility index (Phi) is 4.93. The number of benzene rings is 2. The summed E-state index contributed by atoms with van der Waals surface area (Å²) < 4.78 is 0. The maximum Gasteiger partial charge on any atom is 0.269 e. The van der Waals surface area contributed by atoms with Gasteiger partial charge in [-0.05, 0) is 30.5 Å². The molecule has 0 aliphatic carbocycles. The Morgan fingerprint density at radius 2 is 1.81 bits per heavy atom. The molecule has 0 saturated heterocycles. The molecule has 0 bridgehead atoms. The normalized spacial score (nSPS) is 11.9. The Bertz CT molecular complexity index is 608. The summed E-state index contributed by atoms with van der Waals surface area (Å²) in [6, 6.07) is 15.1. The summed E-state index contributed by atoms with van der Waals surface area (Å²) in [5, 5.41) is 14.2. The molecule has 2 aromatic carbocycles. The lowest BCUT2D eigenvalue weighted by molar-refractivity contribution is -0.384. The first-order chi connectivity index (χ1) is 10.1. The third-order valence-electron chi connectivity index (χ3n) is 3.51. The molecule has 1 atom stereocenters. The highest BCUT2D eigenvalue weighted by molar-refractivity contribution is 5.53. The van der Waals surface area contributed by atoms with Crippen LogP contribution in [0.5, 0.6) is 0 Å². The SMILES string of the molecule is CCCc1ccccc1NC(C)c1ccc([N+](=O)[O-])cc1. The fourth-order valence-electron chi connectivity index (χ4n) is 2.35. The van der Waals surface area contributed by atoms with Crippen molar-refractivity contribution in [2.75, 3.05) is 5.32 Å². The van der Waals surface area contributed by atoms with Gasteiger partial charge < -0.3 is 5.32 Å². The average Bonchev–Trinajstić information content (AvgIpc) is 2.49. The number of rotatable bonds is 6. The molecule has 0 aliphatic rings. The summed E-state index contributed by atoms with van der Waals surface area (Å²) in [5.74, 6) is 0. The second-order valence-electron chi connectivity index (χ2n) is 5.12. The van der Waals surface area contributed by atoms with Crippen molar-refractivity contribution in [1.29, 1.82) is 0 Å². The molecule has 2 rings (SSSR count). The Morgan fingerprint density at radius 3 is 2.43 bits per heavy atom. The van der Waals surface area contributed by atoms with Gasteiger partial charge in [-0.2, -0.15) is 0 Å². The van der Waals surface area contributed by atoms with Crippen LogP contribution in [0.25, 0.3) is 0 Å². The van der Waals surface area contributed by atoms with Crippen LogP contribution >= 0.6 is 0 Å². The van der Waals surface area contributed by atoms with Crippen molar-refractivity contribution < 1.29 is 4.92 Å². The molecule has 0 amide bonds. The van der Waals surface area contributed by atoms with Gasteiger partial charge in [-0.15, -0.1) is 0 Å². The van der Waals surface area contributed by atoms with Crippen LogP contribution < -0.4 is 5.32 Å². The Morgan fingerprint density at radius 1 is 1.14 bits per heavy atom. The summed E-state index contributed by atoms with van der Waals surface area (Å²) in [4.78, 5) is 10.3. The number of hydrogen-bond acceptors (Lipinski definition) is 3. The Labute approximate surface area is 125 Å². The van der Waals surface area contributed by atoms with E-state index < -0.39 is 0 Å². The first-order valence-electron chi connectivity index (χ1n) is 7.20. The van der Waals surface area contributed by atoms with Crippen molar-refractivity contribution in [3.8, 4) is 0 Å². The number of nitro benzene ring substituents is 1. The number of nitrogens with zero attached hydrogens (tertiary/aromatic N) is 1. The number of aryl methyl sites for hydroxylation is 1. The van der Waals surface area contributed by atoms with Crippen molar-refractivity contribution in [3.63, 3.8) is 0 Å². The van der Waals surface area contributed by atoms with E-state index >= 15 is 0 Å². The van der Waals surface area contributed by atoms with Gasteiger partial charge in [0.15, 0.2) is 0 Å². The van der Waals surface area contributed by atoms with Gasteiger partial charge in [0.1, 0.15) is 0 Å². The standard InChI is InChI=1S/C17H20N2O2/c1-3-6-15-7-4-5-8-17(15)18-13(2)14-9-11-16(12-10-14)19(20)21/h4-5,7-13,18H,3,6H2,1-2H3. The molecule has 0 spiro atoms. The van der Waals surface area contributed by atoms with E-state index in [9.17, 15) is 10.1 Å². The minimum absolute atomic E-state index is 0.101. The van der Waals surface area contributed by atoms with E-state index in [-0.39, 0.29) is 16.7 Å². The average molecular weight is 284 g/mol. The number of non-ortho nitro benzene ring substituents is 1. The molecule has 0 fully saturated rings. The summed E-state index contributed by atoms with van der Waals surface area (Å²) in [6.07, 6.45) is 2.14. The third kappa shape index (κ3) is 3.81. The fraction of sp³-hybridized carbons (Fsp3) is 0.294. The second-order valence-corrected chi connectivity index (χ2v) is 5.12. The molecule has 1 N–H and O–H groups in total. The van der Waals surface area contributed by atoms with E-state index in [0.717, 1.165) is 24.1 Å². The van der Waals surface area contributed by atoms with Crippen LogP contribution in [-0.4, -0.2) is 4.92 Å². The lowest BCUT2D eigenvalue weighted by Crippen LogP contribution is -2.08. The highest BCUT2D eigenvalue weighted by atomic mass is 16.6. The molecule has 110 valence electrons. The van der Waals surface area contributed by atoms with Gasteiger partial charge in [0.05, 0.1) is 4.92 Å². The third-order valence-corrected chi connectivity index (χ3v) is 3.51. The van der Waals surface area contributed by atoms with Crippen LogP contribution in [-0.2, 0) is 6.42 Å². The summed E-state index contributed by atoms with van der Waals surface area (Å²) in [5.41, 5.74) is 3.59. The van der Waals surface area contributed by atoms with Crippen molar-refractivity contribution in [3.05, 3.63) is 69.8 Å². The van der Waals surface area contributed by atoms with Crippen molar-refractivity contribution >= 4 is 11.4 Å². The molecule has 4 nitrogen and oxygen atoms in total. The quantitative estimate of drug-likeness (QED) is 0.616. The summed E-state index contributed by atoms with van der Waals surface area (Å²) >= 11 is 0. The first kappa shape index (κ1) is 15.0. The number of nitrogens with one attached hydrogen (secondary N) is 1. The van der Waals surface area contributed by atoms with Crippen LogP contribution in [0.15, 0.2) is 48.5 Å². The van der Waals surface area contributed by atoms with Crippen LogP contribution in [0.1, 0.15) is 37.4 Å². The van der Waals surface area contributed by atoms with Gasteiger partial charge in [0.2, 0.25) is 0 Å². The topological polar surface area (TPSA) is 55.2 Å². The summed E-state index contributed by atoms with van der Waals surface area (Å²) in [6.45, 7) is 4.22. The van der Waals surface area contributed by atoms with Crippen molar-refractivity contribution in [2.45, 2.75) is 32.7 Å². The molecule has 0 aromatic heterocycles. The number of anilines is 1. The lowest BCUT2D eigenvalue weighted by Gasteiger charge is -2.18. The lowest BCUT2D eigenvalue weighted by atomic mass is 10.0. The zero-order valence-electron chi connectivity index (χ0n) is 12.4. The van der Waals surface area contributed by atoms with Gasteiger partial charge in [-0.25, -0.2) is 0 Å². The summed E-state index contributed by atoms with van der Waals surface area (Å²) in [7, 11) is 0. The molecule has 0 radical (unpaired) electrons. The monoisotopic (exact) mass is 284 g/mol. The van der Waals surface area contributed by atoms with Crippen LogP contribution in [0.3, 0.4) is 0 Å². The number of nitro groups is 1. The Hall–Kier alpha value is -2.36. The smallest absolute Gasteiger partial charge is 0.269 e. The predicted octanol–water partition coefficient (Wildman–Crippen LogP) is 4.72. The molecule has 0 aliphatic heterocycles. The molecule has 2 aromatic rings. The highest BCUT2D eigenvalue weighted by Gasteiger charge is 2.10. The fourth-order valence-corrected chi connectivity index (χ4v) is 2.35. The van der Waals surface area contributed by atoms with E-state index in [1.807, 2.05) is 12.1 Å². The number of hydrogen-bond donors (Lipinski definition) is 1. The molecular formula is C17H20N2O2. The molecule has 4 heteroatoms. The van der Waals surface area contributed by atoms with Crippen molar-refractivity contribution in [1.82, 2.24) is 0 Å². The van der Waals surface area contributed by atoms with Crippen LogP contribution in [0.2, 0.25) is 0 Å². The molecule has 21 heavy (non-hydrogen) atoms. The van der Waals surface area contributed by atoms with Crippen LogP contribution in [0, 0.1) is 10.1 Å². The molecule has 0 heterocycles. The van der Waals surface area contributed by atoms with E-state index in [4.69, 9.17) is 0 Å². The minimum atomic E-state index is -0.377. The zero-order valence-corrected chi connectivity index (χ0v) is 12.4. The minimum Gasteiger partial charge on any atom is -0.378 e. The first-order valence-corrected chi connectivity index (χ1v) is 7.20. The maximum atomic E-state index is 10.7. The van der Waals surface area contributed by atoms with Gasteiger partial charge in [0, 0.05) is 23.9 Å². The van der Waals surface area contributed by atoms with E-state index in [1.54, 1.807) is 24.3 Å². The van der Waals surface area contributed by atoms with Gasteiger partial charge in [0.25, 0.3) is 5.69 Å². The molecule has 1 unspecified atom stereocenters. The van der Waals surface area contributed by atoms with E-state index in [0.29, 0.717) is 0 Å². The highest BCUT2D eigenvalue weighted by Crippen LogP contribution is 2.24.